The summed E-state index contributed by atoms with van der Waals surface area (Å²) in [5.41, 5.74) is 1.42. The van der Waals surface area contributed by atoms with Gasteiger partial charge in [0.2, 0.25) is 5.12 Å². The van der Waals surface area contributed by atoms with Crippen LogP contribution in [0, 0.1) is 0 Å². The van der Waals surface area contributed by atoms with Gasteiger partial charge in [0.15, 0.2) is 5.12 Å². The van der Waals surface area contributed by atoms with Gasteiger partial charge in [0.1, 0.15) is 0 Å². The van der Waals surface area contributed by atoms with Crippen molar-refractivity contribution >= 4 is 22.0 Å². The SMILES string of the molecule is CC1(C)CC(=O)SC(=O)c2ccccc21. The normalized spacial score (nSPS) is 19.6. The molecule has 1 aliphatic rings. The van der Waals surface area contributed by atoms with Crippen LogP contribution in [0.25, 0.3) is 0 Å². The molecule has 1 aliphatic heterocycles. The Hall–Kier alpha value is -1.09. The van der Waals surface area contributed by atoms with Crippen LogP contribution in [0.1, 0.15) is 36.2 Å². The van der Waals surface area contributed by atoms with E-state index in [9.17, 15) is 9.59 Å². The molecule has 3 heteroatoms. The number of carbonyl (C=O) groups excluding carboxylic acids is 2. The molecule has 0 aliphatic carbocycles. The first-order valence-corrected chi connectivity index (χ1v) is 5.67. The molecule has 0 bridgehead atoms. The average Bonchev–Trinajstić information content (AvgIpc) is 2.23. The van der Waals surface area contributed by atoms with Gasteiger partial charge in [-0.05, 0) is 22.7 Å². The quantitative estimate of drug-likeness (QED) is 0.674. The Morgan fingerprint density at radius 1 is 1.20 bits per heavy atom. The van der Waals surface area contributed by atoms with Gasteiger partial charge in [-0.3, -0.25) is 9.59 Å². The average molecular weight is 220 g/mol. The fraction of sp³-hybridized carbons (Fsp3) is 0.333. The van der Waals surface area contributed by atoms with E-state index in [1.165, 1.54) is 0 Å². The summed E-state index contributed by atoms with van der Waals surface area (Å²) in [6.07, 6.45) is 0.417. The molecule has 2 rings (SSSR count). The highest BCUT2D eigenvalue weighted by molar-refractivity contribution is 8.26. The zero-order valence-corrected chi connectivity index (χ0v) is 9.56. The molecule has 0 unspecified atom stereocenters. The zero-order valence-electron chi connectivity index (χ0n) is 8.74. The van der Waals surface area contributed by atoms with Crippen LogP contribution in [0.15, 0.2) is 24.3 Å². The van der Waals surface area contributed by atoms with Crippen molar-refractivity contribution in [3.05, 3.63) is 35.4 Å². The molecule has 0 amide bonds. The summed E-state index contributed by atoms with van der Waals surface area (Å²) in [5.74, 6) is 0. The Balaban J connectivity index is 2.62. The molecule has 0 radical (unpaired) electrons. The lowest BCUT2D eigenvalue weighted by Gasteiger charge is -2.23. The smallest absolute Gasteiger partial charge is 0.227 e. The van der Waals surface area contributed by atoms with E-state index >= 15 is 0 Å². The van der Waals surface area contributed by atoms with E-state index in [0.29, 0.717) is 12.0 Å². The van der Waals surface area contributed by atoms with Crippen LogP contribution in [0.2, 0.25) is 0 Å². The molecule has 1 heterocycles. The van der Waals surface area contributed by atoms with E-state index in [1.807, 2.05) is 32.0 Å². The van der Waals surface area contributed by atoms with E-state index in [-0.39, 0.29) is 15.6 Å². The lowest BCUT2D eigenvalue weighted by atomic mass is 9.80. The molecule has 0 saturated heterocycles. The number of thioether (sulfide) groups is 1. The van der Waals surface area contributed by atoms with E-state index in [0.717, 1.165) is 17.3 Å². The number of benzene rings is 1. The standard InChI is InChI=1S/C12H12O2S/c1-12(2)7-10(13)15-11(14)8-5-3-4-6-9(8)12/h3-6H,7H2,1-2H3. The fourth-order valence-corrected chi connectivity index (χ4v) is 2.83. The maximum absolute atomic E-state index is 11.7. The highest BCUT2D eigenvalue weighted by Crippen LogP contribution is 2.36. The predicted octanol–water partition coefficient (Wildman–Crippen LogP) is 2.77. The Morgan fingerprint density at radius 3 is 2.60 bits per heavy atom. The summed E-state index contributed by atoms with van der Waals surface area (Å²) < 4.78 is 0. The molecule has 1 aromatic rings. The van der Waals surface area contributed by atoms with Gasteiger partial charge in [0.25, 0.3) is 0 Å². The largest absolute Gasteiger partial charge is 0.287 e. The van der Waals surface area contributed by atoms with E-state index in [1.54, 1.807) is 6.07 Å². The van der Waals surface area contributed by atoms with Gasteiger partial charge in [-0.25, -0.2) is 0 Å². The molecule has 0 fully saturated rings. The molecule has 0 N–H and O–H groups in total. The summed E-state index contributed by atoms with van der Waals surface area (Å²) in [4.78, 5) is 23.3. The highest BCUT2D eigenvalue weighted by atomic mass is 32.2. The Bertz CT molecular complexity index is 435. The second-order valence-electron chi connectivity index (χ2n) is 4.37. The Kier molecular flexibility index (Phi) is 2.43. The van der Waals surface area contributed by atoms with Crippen LogP contribution < -0.4 is 0 Å². The first-order chi connectivity index (χ1) is 7.00. The molecular weight excluding hydrogens is 208 g/mol. The molecule has 78 valence electrons. The maximum Gasteiger partial charge on any atom is 0.227 e. The van der Waals surface area contributed by atoms with Crippen LogP contribution in [-0.2, 0) is 10.2 Å². The lowest BCUT2D eigenvalue weighted by Crippen LogP contribution is -2.20. The Labute approximate surface area is 93.1 Å². The van der Waals surface area contributed by atoms with Crippen molar-refractivity contribution < 1.29 is 9.59 Å². The molecule has 0 aromatic heterocycles. The number of carbonyl (C=O) groups is 2. The summed E-state index contributed by atoms with van der Waals surface area (Å²) >= 11 is 0.829. The number of hydrogen-bond donors (Lipinski definition) is 0. The molecule has 1 aromatic carbocycles. The summed E-state index contributed by atoms with van der Waals surface area (Å²) in [6, 6.07) is 7.48. The van der Waals surface area contributed by atoms with Crippen molar-refractivity contribution in [2.45, 2.75) is 25.7 Å². The lowest BCUT2D eigenvalue weighted by molar-refractivity contribution is -0.111. The monoisotopic (exact) mass is 220 g/mol. The molecule has 0 atom stereocenters. The fourth-order valence-electron chi connectivity index (χ4n) is 1.90. The zero-order chi connectivity index (χ0) is 11.1. The van der Waals surface area contributed by atoms with Crippen LogP contribution in [0.5, 0.6) is 0 Å². The number of rotatable bonds is 0. The number of hydrogen-bond acceptors (Lipinski definition) is 3. The third-order valence-corrected chi connectivity index (χ3v) is 3.45. The molecular formula is C12H12O2S. The van der Waals surface area contributed by atoms with Crippen molar-refractivity contribution in [2.24, 2.45) is 0 Å². The van der Waals surface area contributed by atoms with E-state index < -0.39 is 0 Å². The minimum absolute atomic E-state index is 0.0406. The van der Waals surface area contributed by atoms with Gasteiger partial charge in [0.05, 0.1) is 0 Å². The van der Waals surface area contributed by atoms with Gasteiger partial charge in [-0.1, -0.05) is 38.1 Å². The second kappa shape index (κ2) is 3.49. The molecule has 0 saturated carbocycles. The minimum Gasteiger partial charge on any atom is -0.287 e. The van der Waals surface area contributed by atoms with Crippen molar-refractivity contribution in [1.29, 1.82) is 0 Å². The highest BCUT2D eigenvalue weighted by Gasteiger charge is 2.33. The Morgan fingerprint density at radius 2 is 1.87 bits per heavy atom. The van der Waals surface area contributed by atoms with Gasteiger partial charge in [-0.2, -0.15) is 0 Å². The first-order valence-electron chi connectivity index (χ1n) is 4.85. The van der Waals surface area contributed by atoms with Crippen LogP contribution in [-0.4, -0.2) is 10.2 Å². The van der Waals surface area contributed by atoms with Crippen molar-refractivity contribution in [3.63, 3.8) is 0 Å². The predicted molar refractivity (Wildman–Crippen MR) is 61.0 cm³/mol. The van der Waals surface area contributed by atoms with Crippen LogP contribution in [0.3, 0.4) is 0 Å². The third-order valence-electron chi connectivity index (χ3n) is 2.67. The molecule has 15 heavy (non-hydrogen) atoms. The summed E-state index contributed by atoms with van der Waals surface area (Å²) in [6.45, 7) is 4.01. The van der Waals surface area contributed by atoms with E-state index in [4.69, 9.17) is 0 Å². The van der Waals surface area contributed by atoms with Crippen LogP contribution in [0.4, 0.5) is 0 Å². The first kappa shape index (κ1) is 10.4. The van der Waals surface area contributed by atoms with Gasteiger partial charge >= 0.3 is 0 Å². The summed E-state index contributed by atoms with van der Waals surface area (Å²) in [5, 5.41) is -0.164. The van der Waals surface area contributed by atoms with Gasteiger partial charge in [-0.15, -0.1) is 0 Å². The molecule has 2 nitrogen and oxygen atoms in total. The topological polar surface area (TPSA) is 34.1 Å². The van der Waals surface area contributed by atoms with E-state index in [2.05, 4.69) is 0 Å². The van der Waals surface area contributed by atoms with Gasteiger partial charge < -0.3 is 0 Å². The van der Waals surface area contributed by atoms with Crippen LogP contribution >= 0.6 is 11.8 Å². The third kappa shape index (κ3) is 1.84. The number of fused-ring (bicyclic) bond motifs is 1. The summed E-state index contributed by atoms with van der Waals surface area (Å²) in [7, 11) is 0. The second-order valence-corrected chi connectivity index (χ2v) is 5.40. The van der Waals surface area contributed by atoms with Gasteiger partial charge in [0, 0.05) is 12.0 Å². The maximum atomic E-state index is 11.7. The minimum atomic E-state index is -0.243. The molecule has 0 spiro atoms. The van der Waals surface area contributed by atoms with Crippen molar-refractivity contribution in [2.75, 3.05) is 0 Å². The van der Waals surface area contributed by atoms with Crippen molar-refractivity contribution in [1.82, 2.24) is 0 Å². The van der Waals surface area contributed by atoms with Crippen molar-refractivity contribution in [3.8, 4) is 0 Å².